The van der Waals surface area contributed by atoms with Crippen molar-refractivity contribution in [3.63, 3.8) is 0 Å². The van der Waals surface area contributed by atoms with Crippen LogP contribution in [0.5, 0.6) is 0 Å². The summed E-state index contributed by atoms with van der Waals surface area (Å²) in [6, 6.07) is 6.65. The summed E-state index contributed by atoms with van der Waals surface area (Å²) in [5.41, 5.74) is 0.525. The molecule has 2 heterocycles. The van der Waals surface area contributed by atoms with Crippen LogP contribution in [0.4, 0.5) is 5.69 Å². The maximum absolute atomic E-state index is 13.0. The molecule has 3 rings (SSSR count). The van der Waals surface area contributed by atoms with E-state index < -0.39 is 17.4 Å². The number of methoxy groups -OCH3 is 1. The highest BCUT2D eigenvalue weighted by atomic mass is 16.5. The lowest BCUT2D eigenvalue weighted by molar-refractivity contribution is -0.137. The van der Waals surface area contributed by atoms with Crippen LogP contribution in [0.25, 0.3) is 28.0 Å². The van der Waals surface area contributed by atoms with Gasteiger partial charge < -0.3 is 15.4 Å². The number of amides is 2. The quantitative estimate of drug-likeness (QED) is 0.295. The van der Waals surface area contributed by atoms with E-state index in [0.717, 1.165) is 18.0 Å². The molecule has 2 amide bonds. The lowest BCUT2D eigenvalue weighted by atomic mass is 10.1. The molecule has 1 aromatic carbocycles. The molecule has 0 aliphatic rings. The molecule has 11 heteroatoms. The van der Waals surface area contributed by atoms with Crippen molar-refractivity contribution in [2.75, 3.05) is 12.4 Å². The number of aromatic amines is 1. The number of nitrogens with one attached hydrogen (secondary N) is 3. The summed E-state index contributed by atoms with van der Waals surface area (Å²) in [5, 5.41) is 11.6. The molecule has 152 valence electrons. The molecular formula is C19H16N6O5. The maximum Gasteiger partial charge on any atom is 0.353 e. The third kappa shape index (κ3) is 3.71. The Labute approximate surface area is 169 Å². The van der Waals surface area contributed by atoms with Gasteiger partial charge in [-0.1, -0.05) is 25.3 Å². The molecular weight excluding hydrogens is 392 g/mol. The number of anilines is 1. The van der Waals surface area contributed by atoms with Gasteiger partial charge in [-0.25, -0.2) is 9.78 Å². The van der Waals surface area contributed by atoms with Gasteiger partial charge in [-0.2, -0.15) is 5.10 Å². The average Bonchev–Trinajstić information content (AvgIpc) is 3.18. The third-order valence-electron chi connectivity index (χ3n) is 4.12. The van der Waals surface area contributed by atoms with Gasteiger partial charge in [-0.3, -0.25) is 24.0 Å². The Balaban J connectivity index is 1.98. The van der Waals surface area contributed by atoms with Crippen molar-refractivity contribution in [3.05, 3.63) is 59.8 Å². The number of rotatable bonds is 7. The van der Waals surface area contributed by atoms with Gasteiger partial charge in [0.25, 0.3) is 11.5 Å². The van der Waals surface area contributed by atoms with E-state index in [4.69, 9.17) is 0 Å². The number of nitrogens with zero attached hydrogens (tertiary/aromatic N) is 3. The number of benzene rings is 1. The van der Waals surface area contributed by atoms with Crippen molar-refractivity contribution in [2.24, 2.45) is 0 Å². The Morgan fingerprint density at radius 2 is 1.93 bits per heavy atom. The van der Waals surface area contributed by atoms with Gasteiger partial charge >= 0.3 is 5.97 Å². The molecule has 0 radical (unpaired) electrons. The minimum Gasteiger partial charge on any atom is -0.464 e. The predicted octanol–water partition coefficient (Wildman–Crippen LogP) is 0.628. The molecule has 0 bridgehead atoms. The van der Waals surface area contributed by atoms with E-state index in [0.29, 0.717) is 23.4 Å². The van der Waals surface area contributed by atoms with Gasteiger partial charge in [-0.05, 0) is 12.1 Å². The molecule has 3 aromatic rings. The number of hydrogen-bond acceptors (Lipinski definition) is 7. The zero-order valence-electron chi connectivity index (χ0n) is 15.8. The normalized spacial score (nSPS) is 10.3. The SMILES string of the molecule is C=C(NC(=O)C(=C)n1cnc2n[nH]c(-c3ccc(NC=O)cc3)c2c1=O)C(=O)OC. The second-order valence-electron chi connectivity index (χ2n) is 5.93. The summed E-state index contributed by atoms with van der Waals surface area (Å²) >= 11 is 0. The average molecular weight is 408 g/mol. The Morgan fingerprint density at radius 3 is 2.57 bits per heavy atom. The molecule has 0 unspecified atom stereocenters. The number of carbonyl (C=O) groups excluding carboxylic acids is 3. The summed E-state index contributed by atoms with van der Waals surface area (Å²) in [7, 11) is 1.14. The van der Waals surface area contributed by atoms with Crippen molar-refractivity contribution < 1.29 is 19.1 Å². The number of carbonyl (C=O) groups is 3. The highest BCUT2D eigenvalue weighted by molar-refractivity contribution is 6.15. The van der Waals surface area contributed by atoms with Crippen molar-refractivity contribution in [1.29, 1.82) is 0 Å². The summed E-state index contributed by atoms with van der Waals surface area (Å²) in [4.78, 5) is 51.4. The number of ether oxygens (including phenoxy) is 1. The van der Waals surface area contributed by atoms with Gasteiger partial charge in [-0.15, -0.1) is 0 Å². The van der Waals surface area contributed by atoms with Crippen LogP contribution in [-0.2, 0) is 19.1 Å². The molecule has 0 saturated carbocycles. The van der Waals surface area contributed by atoms with Crippen LogP contribution in [-0.4, -0.2) is 45.1 Å². The van der Waals surface area contributed by atoms with Gasteiger partial charge in [0.2, 0.25) is 6.41 Å². The Kier molecular flexibility index (Phi) is 5.54. The highest BCUT2D eigenvalue weighted by Gasteiger charge is 2.19. The van der Waals surface area contributed by atoms with Crippen molar-refractivity contribution in [2.45, 2.75) is 0 Å². The number of hydrogen-bond donors (Lipinski definition) is 3. The van der Waals surface area contributed by atoms with Gasteiger partial charge in [0, 0.05) is 11.3 Å². The number of esters is 1. The predicted molar refractivity (Wildman–Crippen MR) is 108 cm³/mol. The van der Waals surface area contributed by atoms with Crippen LogP contribution in [0.1, 0.15) is 0 Å². The second-order valence-corrected chi connectivity index (χ2v) is 5.93. The fourth-order valence-corrected chi connectivity index (χ4v) is 2.61. The monoisotopic (exact) mass is 408 g/mol. The van der Waals surface area contributed by atoms with Gasteiger partial charge in [0.1, 0.15) is 23.1 Å². The minimum atomic E-state index is -0.832. The fraction of sp³-hybridized carbons (Fsp3) is 0.0526. The molecule has 2 aromatic heterocycles. The molecule has 11 nitrogen and oxygen atoms in total. The van der Waals surface area contributed by atoms with E-state index in [1.54, 1.807) is 24.3 Å². The molecule has 0 atom stereocenters. The zero-order valence-corrected chi connectivity index (χ0v) is 15.8. The molecule has 0 aliphatic heterocycles. The van der Waals surface area contributed by atoms with E-state index in [1.165, 1.54) is 0 Å². The lowest BCUT2D eigenvalue weighted by Crippen LogP contribution is -2.32. The Bertz CT molecular complexity index is 1240. The number of H-pyrrole nitrogens is 1. The molecule has 0 aliphatic carbocycles. The maximum atomic E-state index is 13.0. The van der Waals surface area contributed by atoms with Crippen LogP contribution in [0.15, 0.2) is 54.2 Å². The first-order valence-corrected chi connectivity index (χ1v) is 8.41. The van der Waals surface area contributed by atoms with E-state index in [1.807, 2.05) is 0 Å². The lowest BCUT2D eigenvalue weighted by Gasteiger charge is -2.10. The van der Waals surface area contributed by atoms with Crippen LogP contribution < -0.4 is 16.2 Å². The minimum absolute atomic E-state index is 0.134. The zero-order chi connectivity index (χ0) is 21.8. The second kappa shape index (κ2) is 8.22. The largest absolute Gasteiger partial charge is 0.464 e. The summed E-state index contributed by atoms with van der Waals surface area (Å²) in [6.07, 6.45) is 1.66. The fourth-order valence-electron chi connectivity index (χ4n) is 2.61. The van der Waals surface area contributed by atoms with E-state index in [2.05, 4.69) is 43.7 Å². The Hall–Kier alpha value is -4.54. The van der Waals surface area contributed by atoms with Gasteiger partial charge in [0.05, 0.1) is 12.8 Å². The van der Waals surface area contributed by atoms with Crippen molar-refractivity contribution in [1.82, 2.24) is 25.1 Å². The number of fused-ring (bicyclic) bond motifs is 1. The molecule has 3 N–H and O–H groups in total. The Morgan fingerprint density at radius 1 is 1.23 bits per heavy atom. The first-order chi connectivity index (χ1) is 14.4. The third-order valence-corrected chi connectivity index (χ3v) is 4.12. The molecule has 0 spiro atoms. The van der Waals surface area contributed by atoms with E-state index >= 15 is 0 Å². The number of aromatic nitrogens is 4. The topological polar surface area (TPSA) is 148 Å². The summed E-state index contributed by atoms with van der Waals surface area (Å²) in [6.45, 7) is 6.98. The van der Waals surface area contributed by atoms with E-state index in [9.17, 15) is 19.2 Å². The van der Waals surface area contributed by atoms with Crippen molar-refractivity contribution in [3.8, 4) is 11.3 Å². The van der Waals surface area contributed by atoms with Crippen LogP contribution in [0.2, 0.25) is 0 Å². The van der Waals surface area contributed by atoms with E-state index in [-0.39, 0.29) is 22.4 Å². The van der Waals surface area contributed by atoms with Crippen LogP contribution in [0, 0.1) is 0 Å². The van der Waals surface area contributed by atoms with Crippen molar-refractivity contribution >= 4 is 40.7 Å². The van der Waals surface area contributed by atoms with Crippen LogP contribution >= 0.6 is 0 Å². The standard InChI is InChI=1S/C19H16N6O5/c1-10(19(29)30-3)22-17(27)11(2)25-8-20-16-14(18(25)28)15(23-24-16)12-4-6-13(7-5-12)21-9-26/h4-9H,1-2H2,3H3,(H,21,26)(H,22,27)(H,23,24). The highest BCUT2D eigenvalue weighted by Crippen LogP contribution is 2.24. The van der Waals surface area contributed by atoms with Crippen LogP contribution in [0.3, 0.4) is 0 Å². The van der Waals surface area contributed by atoms with Gasteiger partial charge in [0.15, 0.2) is 5.65 Å². The summed E-state index contributed by atoms with van der Waals surface area (Å²) in [5.74, 6) is -1.66. The molecule has 0 fully saturated rings. The smallest absolute Gasteiger partial charge is 0.353 e. The molecule has 30 heavy (non-hydrogen) atoms. The molecule has 0 saturated heterocycles. The first kappa shape index (κ1) is 20.2. The summed E-state index contributed by atoms with van der Waals surface area (Å²) < 4.78 is 5.39. The first-order valence-electron chi connectivity index (χ1n) is 8.41.